The number of nitrogens with one attached hydrogen (secondary N) is 1. The maximum absolute atomic E-state index is 12.3. The van der Waals surface area contributed by atoms with Crippen LogP contribution < -0.4 is 5.32 Å². The van der Waals surface area contributed by atoms with Gasteiger partial charge in [0.05, 0.1) is 18.1 Å². The zero-order valence-corrected chi connectivity index (χ0v) is 16.2. The second-order valence-corrected chi connectivity index (χ2v) is 7.60. The van der Waals surface area contributed by atoms with Crippen molar-refractivity contribution in [1.82, 2.24) is 20.2 Å². The minimum Gasteiger partial charge on any atom is -0.468 e. The lowest BCUT2D eigenvalue weighted by Crippen LogP contribution is -2.40. The zero-order valence-electron chi connectivity index (χ0n) is 15.4. The summed E-state index contributed by atoms with van der Waals surface area (Å²) in [4.78, 5) is 23.4. The SMILES string of the molecule is Cc1cc(C)nc(SCC(=O)NCC(c2ccco2)N2CCCCC2)n1. The van der Waals surface area contributed by atoms with Crippen molar-refractivity contribution in [3.63, 3.8) is 0 Å². The van der Waals surface area contributed by atoms with Gasteiger partial charge in [-0.2, -0.15) is 0 Å². The molecule has 7 heteroatoms. The Bertz CT molecular complexity index is 694. The van der Waals surface area contributed by atoms with Gasteiger partial charge in [-0.3, -0.25) is 9.69 Å². The minimum absolute atomic E-state index is 0.00803. The third-order valence-corrected chi connectivity index (χ3v) is 5.34. The predicted octanol–water partition coefficient (Wildman–Crippen LogP) is 3.12. The van der Waals surface area contributed by atoms with Gasteiger partial charge in [0.2, 0.25) is 5.91 Å². The maximum atomic E-state index is 12.3. The molecule has 3 rings (SSSR count). The third-order valence-electron chi connectivity index (χ3n) is 4.49. The van der Waals surface area contributed by atoms with Gasteiger partial charge in [-0.15, -0.1) is 0 Å². The molecule has 2 aromatic heterocycles. The number of nitrogens with zero attached hydrogens (tertiary/aromatic N) is 3. The molecule has 0 bridgehead atoms. The van der Waals surface area contributed by atoms with Crippen LogP contribution in [0.25, 0.3) is 0 Å². The maximum Gasteiger partial charge on any atom is 0.230 e. The molecule has 1 saturated heterocycles. The lowest BCUT2D eigenvalue weighted by Gasteiger charge is -2.33. The molecule has 1 aliphatic rings. The van der Waals surface area contributed by atoms with Crippen LogP contribution in [0.4, 0.5) is 0 Å². The van der Waals surface area contributed by atoms with E-state index in [0.29, 0.717) is 17.5 Å². The van der Waals surface area contributed by atoms with Gasteiger partial charge < -0.3 is 9.73 Å². The number of aryl methyl sites for hydroxylation is 2. The molecule has 1 atom stereocenters. The first-order valence-corrected chi connectivity index (χ1v) is 10.1. The molecule has 0 aliphatic carbocycles. The van der Waals surface area contributed by atoms with Gasteiger partial charge >= 0.3 is 0 Å². The number of hydrogen-bond donors (Lipinski definition) is 1. The van der Waals surface area contributed by atoms with Crippen molar-refractivity contribution in [2.75, 3.05) is 25.4 Å². The van der Waals surface area contributed by atoms with Gasteiger partial charge in [-0.25, -0.2) is 9.97 Å². The number of furan rings is 1. The van der Waals surface area contributed by atoms with Crippen LogP contribution in [0, 0.1) is 13.8 Å². The molecule has 0 aromatic carbocycles. The molecule has 6 nitrogen and oxygen atoms in total. The topological polar surface area (TPSA) is 71.3 Å². The van der Waals surface area contributed by atoms with E-state index >= 15 is 0 Å². The van der Waals surface area contributed by atoms with Gasteiger partial charge in [0.1, 0.15) is 5.76 Å². The Labute approximate surface area is 158 Å². The van der Waals surface area contributed by atoms with Crippen molar-refractivity contribution < 1.29 is 9.21 Å². The lowest BCUT2D eigenvalue weighted by molar-refractivity contribution is -0.118. The number of carbonyl (C=O) groups excluding carboxylic acids is 1. The van der Waals surface area contributed by atoms with Gasteiger partial charge in [-0.1, -0.05) is 18.2 Å². The van der Waals surface area contributed by atoms with E-state index < -0.39 is 0 Å². The molecule has 140 valence electrons. The Kier molecular flexibility index (Phi) is 6.68. The number of carbonyl (C=O) groups is 1. The number of piperidine rings is 1. The molecule has 1 amide bonds. The molecule has 0 saturated carbocycles. The molecule has 0 radical (unpaired) electrons. The zero-order chi connectivity index (χ0) is 18.4. The Morgan fingerprint density at radius 2 is 2.00 bits per heavy atom. The number of rotatable bonds is 7. The average Bonchev–Trinajstić information content (AvgIpc) is 3.15. The molecular formula is C19H26N4O2S. The van der Waals surface area contributed by atoms with Crippen molar-refractivity contribution >= 4 is 17.7 Å². The fourth-order valence-corrected chi connectivity index (χ4v) is 4.05. The summed E-state index contributed by atoms with van der Waals surface area (Å²) in [5.74, 6) is 1.22. The fourth-order valence-electron chi connectivity index (χ4n) is 3.27. The van der Waals surface area contributed by atoms with Crippen LogP contribution in [-0.4, -0.2) is 46.2 Å². The predicted molar refractivity (Wildman–Crippen MR) is 102 cm³/mol. The number of thioether (sulfide) groups is 1. The first-order chi connectivity index (χ1) is 12.6. The number of likely N-dealkylation sites (tertiary alicyclic amines) is 1. The van der Waals surface area contributed by atoms with Crippen LogP contribution in [0.3, 0.4) is 0 Å². The average molecular weight is 375 g/mol. The normalized spacial score (nSPS) is 16.4. The molecular weight excluding hydrogens is 348 g/mol. The van der Waals surface area contributed by atoms with Crippen LogP contribution in [0.15, 0.2) is 34.0 Å². The third kappa shape index (κ3) is 5.32. The van der Waals surface area contributed by atoms with E-state index in [1.165, 1.54) is 31.0 Å². The summed E-state index contributed by atoms with van der Waals surface area (Å²) in [5, 5.41) is 3.70. The molecule has 1 N–H and O–H groups in total. The molecule has 1 aliphatic heterocycles. The minimum atomic E-state index is -0.00803. The van der Waals surface area contributed by atoms with Crippen molar-refractivity contribution in [2.24, 2.45) is 0 Å². The second-order valence-electron chi connectivity index (χ2n) is 6.65. The Balaban J connectivity index is 1.53. The summed E-state index contributed by atoms with van der Waals surface area (Å²) in [6, 6.07) is 5.92. The Hall–Kier alpha value is -1.86. The molecule has 1 fully saturated rings. The van der Waals surface area contributed by atoms with Crippen LogP contribution >= 0.6 is 11.8 Å². The Morgan fingerprint density at radius 3 is 2.65 bits per heavy atom. The van der Waals surface area contributed by atoms with Crippen molar-refractivity contribution in [2.45, 2.75) is 44.3 Å². The molecule has 3 heterocycles. The molecule has 2 aromatic rings. The summed E-state index contributed by atoms with van der Waals surface area (Å²) >= 11 is 1.37. The van der Waals surface area contributed by atoms with Crippen LogP contribution in [-0.2, 0) is 4.79 Å². The standard InChI is InChI=1S/C19H26N4O2S/c1-14-11-15(2)22-19(21-14)26-13-18(24)20-12-16(17-7-6-10-25-17)23-8-4-3-5-9-23/h6-7,10-11,16H,3-5,8-9,12-13H2,1-2H3,(H,20,24). The monoisotopic (exact) mass is 374 g/mol. The summed E-state index contributed by atoms with van der Waals surface area (Å²) < 4.78 is 5.62. The van der Waals surface area contributed by atoms with E-state index in [2.05, 4.69) is 20.2 Å². The van der Waals surface area contributed by atoms with E-state index in [0.717, 1.165) is 30.2 Å². The number of hydrogen-bond acceptors (Lipinski definition) is 6. The van der Waals surface area contributed by atoms with Crippen LogP contribution in [0.5, 0.6) is 0 Å². The smallest absolute Gasteiger partial charge is 0.230 e. The van der Waals surface area contributed by atoms with E-state index in [1.807, 2.05) is 32.0 Å². The highest BCUT2D eigenvalue weighted by molar-refractivity contribution is 7.99. The number of amides is 1. The summed E-state index contributed by atoms with van der Waals surface area (Å²) in [7, 11) is 0. The van der Waals surface area contributed by atoms with Gasteiger partial charge in [-0.05, 0) is 58.0 Å². The van der Waals surface area contributed by atoms with Crippen molar-refractivity contribution in [3.8, 4) is 0 Å². The molecule has 26 heavy (non-hydrogen) atoms. The summed E-state index contributed by atoms with van der Waals surface area (Å²) in [5.41, 5.74) is 1.84. The highest BCUT2D eigenvalue weighted by Gasteiger charge is 2.24. The summed E-state index contributed by atoms with van der Waals surface area (Å²) in [6.07, 6.45) is 5.37. The van der Waals surface area contributed by atoms with Gasteiger partial charge in [0.25, 0.3) is 0 Å². The van der Waals surface area contributed by atoms with Gasteiger partial charge in [0, 0.05) is 17.9 Å². The molecule has 1 unspecified atom stereocenters. The van der Waals surface area contributed by atoms with Gasteiger partial charge in [0.15, 0.2) is 5.16 Å². The van der Waals surface area contributed by atoms with E-state index in [-0.39, 0.29) is 11.9 Å². The lowest BCUT2D eigenvalue weighted by atomic mass is 10.1. The molecule has 0 spiro atoms. The Morgan fingerprint density at radius 1 is 1.27 bits per heavy atom. The van der Waals surface area contributed by atoms with E-state index in [1.54, 1.807) is 6.26 Å². The fraction of sp³-hybridized carbons (Fsp3) is 0.526. The number of aromatic nitrogens is 2. The van der Waals surface area contributed by atoms with Crippen LogP contribution in [0.2, 0.25) is 0 Å². The highest BCUT2D eigenvalue weighted by Crippen LogP contribution is 2.24. The largest absolute Gasteiger partial charge is 0.468 e. The quantitative estimate of drug-likeness (QED) is 0.593. The van der Waals surface area contributed by atoms with Crippen molar-refractivity contribution in [3.05, 3.63) is 41.6 Å². The van der Waals surface area contributed by atoms with E-state index in [4.69, 9.17) is 4.42 Å². The van der Waals surface area contributed by atoms with Crippen LogP contribution in [0.1, 0.15) is 42.5 Å². The second kappa shape index (κ2) is 9.19. The van der Waals surface area contributed by atoms with Crippen molar-refractivity contribution in [1.29, 1.82) is 0 Å². The first kappa shape index (κ1) is 18.9. The van der Waals surface area contributed by atoms with E-state index in [9.17, 15) is 4.79 Å². The highest BCUT2D eigenvalue weighted by atomic mass is 32.2. The summed E-state index contributed by atoms with van der Waals surface area (Å²) in [6.45, 7) is 6.52. The first-order valence-electron chi connectivity index (χ1n) is 9.11.